The number of ether oxygens (including phenoxy) is 1. The molecule has 114 valence electrons. The molecule has 4 rings (SSSR count). The van der Waals surface area contributed by atoms with Crippen molar-refractivity contribution in [3.05, 3.63) is 17.8 Å². The predicted molar refractivity (Wildman–Crippen MR) is 81.6 cm³/mol. The van der Waals surface area contributed by atoms with Crippen LogP contribution < -0.4 is 10.2 Å². The van der Waals surface area contributed by atoms with Crippen LogP contribution >= 0.6 is 0 Å². The Bertz CT molecular complexity index is 462. The molecular weight excluding hydrogens is 264 g/mol. The van der Waals surface area contributed by atoms with Crippen LogP contribution in [-0.4, -0.2) is 49.1 Å². The summed E-state index contributed by atoms with van der Waals surface area (Å²) in [5, 5.41) is 12.4. The third-order valence-corrected chi connectivity index (χ3v) is 4.86. The van der Waals surface area contributed by atoms with Gasteiger partial charge in [-0.2, -0.15) is 5.10 Å². The van der Waals surface area contributed by atoms with Crippen LogP contribution in [0.3, 0.4) is 0 Å². The summed E-state index contributed by atoms with van der Waals surface area (Å²) in [5.41, 5.74) is 1.18. The molecule has 1 aromatic heterocycles. The van der Waals surface area contributed by atoms with Crippen LogP contribution in [0.4, 0.5) is 5.82 Å². The zero-order chi connectivity index (χ0) is 14.1. The second kappa shape index (κ2) is 5.89. The van der Waals surface area contributed by atoms with Gasteiger partial charge in [0.2, 0.25) is 0 Å². The predicted octanol–water partition coefficient (Wildman–Crippen LogP) is 1.56. The van der Waals surface area contributed by atoms with Gasteiger partial charge in [0.05, 0.1) is 5.69 Å². The molecule has 3 fully saturated rings. The lowest BCUT2D eigenvalue weighted by Gasteiger charge is -2.40. The highest BCUT2D eigenvalue weighted by Crippen LogP contribution is 2.38. The maximum atomic E-state index is 5.39. The Balaban J connectivity index is 1.21. The minimum atomic E-state index is 0.658. The fourth-order valence-corrected chi connectivity index (χ4v) is 3.22. The van der Waals surface area contributed by atoms with Crippen LogP contribution in [0.2, 0.25) is 0 Å². The van der Waals surface area contributed by atoms with Gasteiger partial charge in [-0.1, -0.05) is 0 Å². The monoisotopic (exact) mass is 288 g/mol. The summed E-state index contributed by atoms with van der Waals surface area (Å²) >= 11 is 0. The molecule has 21 heavy (non-hydrogen) atoms. The maximum absolute atomic E-state index is 5.39. The summed E-state index contributed by atoms with van der Waals surface area (Å²) < 4.78 is 5.39. The number of aromatic nitrogens is 2. The molecule has 0 amide bonds. The first-order chi connectivity index (χ1) is 10.4. The molecule has 1 aliphatic carbocycles. The van der Waals surface area contributed by atoms with Crippen LogP contribution in [0.1, 0.15) is 37.3 Å². The molecule has 2 saturated heterocycles. The number of rotatable bonds is 5. The Labute approximate surface area is 126 Å². The molecule has 0 spiro atoms. The van der Waals surface area contributed by atoms with Crippen molar-refractivity contribution in [2.75, 3.05) is 37.7 Å². The molecule has 5 nitrogen and oxygen atoms in total. The first-order valence-electron chi connectivity index (χ1n) is 8.28. The Morgan fingerprint density at radius 1 is 1.10 bits per heavy atom. The average Bonchev–Trinajstić information content (AvgIpc) is 3.32. The smallest absolute Gasteiger partial charge is 0.151 e. The van der Waals surface area contributed by atoms with Crippen molar-refractivity contribution in [3.8, 4) is 0 Å². The van der Waals surface area contributed by atoms with Crippen molar-refractivity contribution in [2.45, 2.75) is 37.6 Å². The molecule has 2 aliphatic heterocycles. The maximum Gasteiger partial charge on any atom is 0.151 e. The van der Waals surface area contributed by atoms with E-state index in [4.69, 9.17) is 4.74 Å². The van der Waals surface area contributed by atoms with Gasteiger partial charge in [0, 0.05) is 50.7 Å². The van der Waals surface area contributed by atoms with Gasteiger partial charge in [0.25, 0.3) is 0 Å². The third-order valence-electron chi connectivity index (χ3n) is 4.86. The molecule has 0 unspecified atom stereocenters. The summed E-state index contributed by atoms with van der Waals surface area (Å²) in [6, 6.07) is 4.96. The molecule has 5 heteroatoms. The van der Waals surface area contributed by atoms with Crippen LogP contribution in [0, 0.1) is 5.92 Å². The van der Waals surface area contributed by atoms with E-state index in [0.717, 1.165) is 57.4 Å². The highest BCUT2D eigenvalue weighted by Gasteiger charge is 2.30. The number of hydrogen-bond acceptors (Lipinski definition) is 5. The molecule has 1 N–H and O–H groups in total. The highest BCUT2D eigenvalue weighted by atomic mass is 16.5. The fourth-order valence-electron chi connectivity index (χ4n) is 3.22. The van der Waals surface area contributed by atoms with Gasteiger partial charge in [0.1, 0.15) is 0 Å². The Morgan fingerprint density at radius 3 is 2.57 bits per heavy atom. The molecule has 1 aromatic rings. The second-order valence-corrected chi connectivity index (χ2v) is 6.66. The van der Waals surface area contributed by atoms with Gasteiger partial charge >= 0.3 is 0 Å². The standard InChI is InChI=1S/C16H24N4O/c1-2-13(1)15-3-4-16(19-18-15)20-10-12(11-20)9-17-14-5-7-21-8-6-14/h3-4,12-14,17H,1-2,5-11H2. The van der Waals surface area contributed by atoms with E-state index in [9.17, 15) is 0 Å². The lowest BCUT2D eigenvalue weighted by molar-refractivity contribution is 0.0765. The van der Waals surface area contributed by atoms with E-state index >= 15 is 0 Å². The summed E-state index contributed by atoms with van der Waals surface area (Å²) in [6.45, 7) is 5.16. The van der Waals surface area contributed by atoms with E-state index in [2.05, 4.69) is 32.5 Å². The minimum Gasteiger partial charge on any atom is -0.381 e. The Morgan fingerprint density at radius 2 is 1.90 bits per heavy atom. The van der Waals surface area contributed by atoms with Crippen LogP contribution in [0.25, 0.3) is 0 Å². The largest absolute Gasteiger partial charge is 0.381 e. The van der Waals surface area contributed by atoms with Crippen LogP contribution in [-0.2, 0) is 4.74 Å². The zero-order valence-corrected chi connectivity index (χ0v) is 12.5. The molecule has 0 aromatic carbocycles. The molecule has 3 aliphatic rings. The summed E-state index contributed by atoms with van der Waals surface area (Å²) in [5.74, 6) is 2.49. The molecule has 0 radical (unpaired) electrons. The highest BCUT2D eigenvalue weighted by molar-refractivity contribution is 5.41. The van der Waals surface area contributed by atoms with Crippen molar-refractivity contribution in [2.24, 2.45) is 5.92 Å². The second-order valence-electron chi connectivity index (χ2n) is 6.66. The Hall–Kier alpha value is -1.20. The number of nitrogens with zero attached hydrogens (tertiary/aromatic N) is 3. The van der Waals surface area contributed by atoms with Gasteiger partial charge in [-0.3, -0.25) is 0 Å². The van der Waals surface area contributed by atoms with E-state index < -0.39 is 0 Å². The summed E-state index contributed by atoms with van der Waals surface area (Å²) in [6.07, 6.45) is 4.89. The van der Waals surface area contributed by atoms with Gasteiger partial charge < -0.3 is 15.0 Å². The SMILES string of the molecule is c1cc(N2CC(CNC3CCOCC3)C2)nnc1C1CC1. The third kappa shape index (κ3) is 3.19. The quantitative estimate of drug-likeness (QED) is 0.891. The lowest BCUT2D eigenvalue weighted by Crippen LogP contribution is -2.52. The molecular formula is C16H24N4O. The van der Waals surface area contributed by atoms with Crippen LogP contribution in [0.15, 0.2) is 12.1 Å². The van der Waals surface area contributed by atoms with Gasteiger partial charge in [0.15, 0.2) is 5.82 Å². The molecule has 3 heterocycles. The fraction of sp³-hybridized carbons (Fsp3) is 0.750. The van der Waals surface area contributed by atoms with Gasteiger partial charge in [-0.25, -0.2) is 0 Å². The van der Waals surface area contributed by atoms with E-state index in [1.54, 1.807) is 0 Å². The van der Waals surface area contributed by atoms with E-state index in [1.165, 1.54) is 18.5 Å². The zero-order valence-electron chi connectivity index (χ0n) is 12.5. The topological polar surface area (TPSA) is 50.3 Å². The van der Waals surface area contributed by atoms with E-state index in [0.29, 0.717) is 12.0 Å². The Kier molecular flexibility index (Phi) is 3.78. The molecule has 0 bridgehead atoms. The minimum absolute atomic E-state index is 0.658. The van der Waals surface area contributed by atoms with Gasteiger partial charge in [-0.15, -0.1) is 5.10 Å². The first kappa shape index (κ1) is 13.5. The molecule has 0 atom stereocenters. The van der Waals surface area contributed by atoms with Crippen molar-refractivity contribution in [3.63, 3.8) is 0 Å². The number of anilines is 1. The van der Waals surface area contributed by atoms with Crippen molar-refractivity contribution < 1.29 is 4.74 Å². The van der Waals surface area contributed by atoms with E-state index in [1.807, 2.05) is 0 Å². The molecule has 1 saturated carbocycles. The number of hydrogen-bond donors (Lipinski definition) is 1. The normalized spacial score (nSPS) is 24.1. The van der Waals surface area contributed by atoms with Crippen molar-refractivity contribution in [1.82, 2.24) is 15.5 Å². The lowest BCUT2D eigenvalue weighted by atomic mass is 9.99. The first-order valence-corrected chi connectivity index (χ1v) is 8.28. The summed E-state index contributed by atoms with van der Waals surface area (Å²) in [7, 11) is 0. The van der Waals surface area contributed by atoms with Crippen LogP contribution in [0.5, 0.6) is 0 Å². The van der Waals surface area contributed by atoms with Gasteiger partial charge in [-0.05, 0) is 37.8 Å². The van der Waals surface area contributed by atoms with Crippen molar-refractivity contribution in [1.29, 1.82) is 0 Å². The average molecular weight is 288 g/mol. The van der Waals surface area contributed by atoms with E-state index in [-0.39, 0.29) is 0 Å². The number of nitrogens with one attached hydrogen (secondary N) is 1. The van der Waals surface area contributed by atoms with Crippen molar-refractivity contribution >= 4 is 5.82 Å². The summed E-state index contributed by atoms with van der Waals surface area (Å²) in [4.78, 5) is 2.33.